The van der Waals surface area contributed by atoms with Gasteiger partial charge in [-0.25, -0.2) is 0 Å². The summed E-state index contributed by atoms with van der Waals surface area (Å²) in [4.78, 5) is 24.9. The summed E-state index contributed by atoms with van der Waals surface area (Å²) >= 11 is 0. The van der Waals surface area contributed by atoms with Crippen LogP contribution in [0.4, 0.5) is 0 Å². The fourth-order valence-corrected chi connectivity index (χ4v) is 5.48. The van der Waals surface area contributed by atoms with Gasteiger partial charge in [0, 0.05) is 0 Å². The molecule has 0 aromatic rings. The van der Waals surface area contributed by atoms with Gasteiger partial charge in [-0.2, -0.15) is 0 Å². The molecule has 4 nitrogen and oxygen atoms in total. The normalized spacial score (nSPS) is 32.0. The molecule has 0 saturated heterocycles. The SMILES string of the molecule is CC(C)C1CCC(C(CCC(C)(C)C)OC(=O)C2CCCC(C)C2C(=O)O)CC1. The molecule has 2 aliphatic carbocycles. The first-order valence-corrected chi connectivity index (χ1v) is 11.9. The first-order valence-electron chi connectivity index (χ1n) is 11.9. The van der Waals surface area contributed by atoms with Crippen molar-refractivity contribution in [3.8, 4) is 0 Å². The average Bonchev–Trinajstić information content (AvgIpc) is 2.63. The lowest BCUT2D eigenvalue weighted by Crippen LogP contribution is -2.41. The van der Waals surface area contributed by atoms with Crippen molar-refractivity contribution in [1.29, 1.82) is 0 Å². The van der Waals surface area contributed by atoms with E-state index in [-0.39, 0.29) is 23.4 Å². The zero-order chi connectivity index (χ0) is 21.8. The standard InChI is InChI=1S/C25H44O4/c1-16(2)18-10-12-19(13-11-18)21(14-15-25(4,5)6)29-24(28)20-9-7-8-17(3)22(20)23(26)27/h16-22H,7-15H2,1-6H3,(H,26,27). The molecule has 0 bridgehead atoms. The van der Waals surface area contributed by atoms with Crippen molar-refractivity contribution in [1.82, 2.24) is 0 Å². The smallest absolute Gasteiger partial charge is 0.310 e. The molecule has 4 atom stereocenters. The van der Waals surface area contributed by atoms with E-state index in [0.29, 0.717) is 18.3 Å². The van der Waals surface area contributed by atoms with E-state index in [4.69, 9.17) is 4.74 Å². The van der Waals surface area contributed by atoms with Crippen LogP contribution in [0.3, 0.4) is 0 Å². The molecule has 2 rings (SSSR count). The maximum atomic E-state index is 13.1. The lowest BCUT2D eigenvalue weighted by Gasteiger charge is -2.38. The molecule has 0 heterocycles. The number of carbonyl (C=O) groups is 2. The van der Waals surface area contributed by atoms with Gasteiger partial charge < -0.3 is 9.84 Å². The molecular formula is C25H44O4. The number of carboxylic acid groups (broad SMARTS) is 1. The van der Waals surface area contributed by atoms with E-state index in [9.17, 15) is 14.7 Å². The zero-order valence-corrected chi connectivity index (χ0v) is 19.6. The minimum Gasteiger partial charge on any atom is -0.481 e. The third kappa shape index (κ3) is 7.00. The molecule has 2 fully saturated rings. The Labute approximate surface area is 178 Å². The highest BCUT2D eigenvalue weighted by Gasteiger charge is 2.42. The van der Waals surface area contributed by atoms with Gasteiger partial charge in [-0.05, 0) is 80.5 Å². The van der Waals surface area contributed by atoms with Crippen molar-refractivity contribution in [2.45, 2.75) is 105 Å². The van der Waals surface area contributed by atoms with Crippen molar-refractivity contribution in [3.63, 3.8) is 0 Å². The summed E-state index contributed by atoms with van der Waals surface area (Å²) in [5, 5.41) is 9.69. The quantitative estimate of drug-likeness (QED) is 0.500. The molecule has 0 spiro atoms. The number of carboxylic acids is 1. The fourth-order valence-electron chi connectivity index (χ4n) is 5.48. The van der Waals surface area contributed by atoms with Gasteiger partial charge in [0.25, 0.3) is 0 Å². The number of carbonyl (C=O) groups excluding carboxylic acids is 1. The molecular weight excluding hydrogens is 364 g/mol. The molecule has 0 aromatic heterocycles. The number of rotatable bonds is 7. The number of esters is 1. The number of hydrogen-bond acceptors (Lipinski definition) is 3. The van der Waals surface area contributed by atoms with Gasteiger partial charge in [0.2, 0.25) is 0 Å². The van der Waals surface area contributed by atoms with Gasteiger partial charge in [0.1, 0.15) is 6.10 Å². The summed E-state index contributed by atoms with van der Waals surface area (Å²) in [7, 11) is 0. The van der Waals surface area contributed by atoms with E-state index >= 15 is 0 Å². The van der Waals surface area contributed by atoms with Crippen molar-refractivity contribution >= 4 is 11.9 Å². The molecule has 2 aliphatic rings. The lowest BCUT2D eigenvalue weighted by molar-refractivity contribution is -0.169. The van der Waals surface area contributed by atoms with Crippen LogP contribution in [0, 0.1) is 40.9 Å². The molecule has 0 aliphatic heterocycles. The van der Waals surface area contributed by atoms with E-state index in [1.807, 2.05) is 6.92 Å². The van der Waals surface area contributed by atoms with Crippen LogP contribution in [0.5, 0.6) is 0 Å². The number of ether oxygens (including phenoxy) is 1. The Morgan fingerprint density at radius 1 is 1.00 bits per heavy atom. The van der Waals surface area contributed by atoms with Gasteiger partial charge in [-0.15, -0.1) is 0 Å². The van der Waals surface area contributed by atoms with Crippen molar-refractivity contribution in [2.24, 2.45) is 40.9 Å². The van der Waals surface area contributed by atoms with Crippen LogP contribution in [-0.2, 0) is 14.3 Å². The van der Waals surface area contributed by atoms with Crippen LogP contribution in [0.1, 0.15) is 99.3 Å². The maximum absolute atomic E-state index is 13.1. The summed E-state index contributed by atoms with van der Waals surface area (Å²) in [6.07, 6.45) is 8.93. The molecule has 29 heavy (non-hydrogen) atoms. The van der Waals surface area contributed by atoms with Crippen molar-refractivity contribution in [2.75, 3.05) is 0 Å². The minimum atomic E-state index is -0.845. The van der Waals surface area contributed by atoms with Gasteiger partial charge in [-0.1, -0.05) is 48.0 Å². The van der Waals surface area contributed by atoms with Crippen LogP contribution < -0.4 is 0 Å². The molecule has 0 aromatic carbocycles. The zero-order valence-electron chi connectivity index (χ0n) is 19.6. The van der Waals surface area contributed by atoms with E-state index in [0.717, 1.165) is 44.4 Å². The number of hydrogen-bond donors (Lipinski definition) is 1. The highest BCUT2D eigenvalue weighted by atomic mass is 16.5. The van der Waals surface area contributed by atoms with Crippen LogP contribution in [0.25, 0.3) is 0 Å². The number of aliphatic carboxylic acids is 1. The monoisotopic (exact) mass is 408 g/mol. The topological polar surface area (TPSA) is 63.6 Å². The summed E-state index contributed by atoms with van der Waals surface area (Å²) in [5.74, 6) is -0.241. The Kier molecular flexibility index (Phi) is 8.60. The molecule has 0 radical (unpaired) electrons. The third-order valence-electron chi connectivity index (χ3n) is 7.54. The molecule has 4 unspecified atom stereocenters. The van der Waals surface area contributed by atoms with Crippen LogP contribution in [0.2, 0.25) is 0 Å². The lowest BCUT2D eigenvalue weighted by atomic mass is 9.72. The predicted molar refractivity (Wildman–Crippen MR) is 116 cm³/mol. The second kappa shape index (κ2) is 10.3. The summed E-state index contributed by atoms with van der Waals surface area (Å²) in [5.41, 5.74) is 0.197. The van der Waals surface area contributed by atoms with Gasteiger partial charge in [0.15, 0.2) is 0 Å². The molecule has 2 saturated carbocycles. The first kappa shape index (κ1) is 24.2. The molecule has 4 heteroatoms. The summed E-state index contributed by atoms with van der Waals surface area (Å²) in [6, 6.07) is 0. The fraction of sp³-hybridized carbons (Fsp3) is 0.920. The molecule has 168 valence electrons. The highest BCUT2D eigenvalue weighted by Crippen LogP contribution is 2.40. The van der Waals surface area contributed by atoms with Gasteiger partial charge >= 0.3 is 11.9 Å². The molecule has 0 amide bonds. The third-order valence-corrected chi connectivity index (χ3v) is 7.54. The second-order valence-corrected chi connectivity index (χ2v) is 11.4. The van der Waals surface area contributed by atoms with Gasteiger partial charge in [0.05, 0.1) is 11.8 Å². The highest BCUT2D eigenvalue weighted by molar-refractivity contribution is 5.81. The summed E-state index contributed by atoms with van der Waals surface area (Å²) in [6.45, 7) is 13.2. The van der Waals surface area contributed by atoms with Crippen molar-refractivity contribution < 1.29 is 19.4 Å². The van der Waals surface area contributed by atoms with E-state index in [1.54, 1.807) is 0 Å². The summed E-state index contributed by atoms with van der Waals surface area (Å²) < 4.78 is 6.15. The van der Waals surface area contributed by atoms with E-state index < -0.39 is 17.8 Å². The Morgan fingerprint density at radius 3 is 2.10 bits per heavy atom. The minimum absolute atomic E-state index is 0.0355. The van der Waals surface area contributed by atoms with Crippen LogP contribution in [0.15, 0.2) is 0 Å². The first-order chi connectivity index (χ1) is 13.5. The maximum Gasteiger partial charge on any atom is 0.310 e. The molecule has 1 N–H and O–H groups in total. The predicted octanol–water partition coefficient (Wildman–Crippen LogP) is 6.32. The second-order valence-electron chi connectivity index (χ2n) is 11.4. The average molecular weight is 409 g/mol. The van der Waals surface area contributed by atoms with Crippen LogP contribution in [-0.4, -0.2) is 23.1 Å². The van der Waals surface area contributed by atoms with E-state index in [1.165, 1.54) is 12.8 Å². The Bertz CT molecular complexity index is 540. The Balaban J connectivity index is 2.08. The largest absolute Gasteiger partial charge is 0.481 e. The van der Waals surface area contributed by atoms with Crippen LogP contribution >= 0.6 is 0 Å². The van der Waals surface area contributed by atoms with E-state index in [2.05, 4.69) is 34.6 Å². The van der Waals surface area contributed by atoms with Crippen molar-refractivity contribution in [3.05, 3.63) is 0 Å². The Morgan fingerprint density at radius 2 is 1.59 bits per heavy atom. The Hall–Kier alpha value is -1.06. The van der Waals surface area contributed by atoms with Gasteiger partial charge in [-0.3, -0.25) is 9.59 Å².